The lowest BCUT2D eigenvalue weighted by Crippen LogP contribution is -2.34. The summed E-state index contributed by atoms with van der Waals surface area (Å²) in [5.74, 6) is 1.05. The largest absolute Gasteiger partial charge is 0.304 e. The van der Waals surface area contributed by atoms with Gasteiger partial charge in [-0.1, -0.05) is 35.4 Å². The van der Waals surface area contributed by atoms with Gasteiger partial charge in [-0.15, -0.1) is 0 Å². The normalized spacial score (nSPS) is 14.6. The molecule has 0 aromatic heterocycles. The third-order valence-electron chi connectivity index (χ3n) is 5.69. The van der Waals surface area contributed by atoms with E-state index in [0.29, 0.717) is 0 Å². The van der Waals surface area contributed by atoms with Gasteiger partial charge in [0.2, 0.25) is 0 Å². The van der Waals surface area contributed by atoms with Gasteiger partial charge in [0.15, 0.2) is 5.84 Å². The summed E-state index contributed by atoms with van der Waals surface area (Å²) >= 11 is 0. The van der Waals surface area contributed by atoms with Crippen molar-refractivity contribution in [2.24, 2.45) is 5.10 Å². The molecule has 3 nitrogen and oxygen atoms in total. The average molecular weight is 353 g/mol. The fourth-order valence-corrected chi connectivity index (χ4v) is 3.97. The first-order chi connectivity index (χ1) is 13.0. The third kappa shape index (κ3) is 2.46. The summed E-state index contributed by atoms with van der Waals surface area (Å²) in [4.78, 5) is 2.34. The Morgan fingerprint density at radius 1 is 0.704 bits per heavy atom. The van der Waals surface area contributed by atoms with E-state index in [1.165, 1.54) is 44.6 Å². The molecule has 3 aromatic rings. The Bertz CT molecular complexity index is 1090. The lowest BCUT2D eigenvalue weighted by atomic mass is 9.89. The minimum atomic E-state index is 0.737. The van der Waals surface area contributed by atoms with E-state index in [2.05, 4.69) is 92.2 Å². The summed E-state index contributed by atoms with van der Waals surface area (Å²) in [6.07, 6.45) is 0. The predicted octanol–water partition coefficient (Wildman–Crippen LogP) is 5.55. The van der Waals surface area contributed by atoms with E-state index >= 15 is 0 Å². The number of hydrazone groups is 1. The molecule has 0 amide bonds. The maximum absolute atomic E-state index is 5.02. The minimum absolute atomic E-state index is 0.737. The molecule has 5 rings (SSSR count). The smallest absolute Gasteiger partial charge is 0.163 e. The molecule has 134 valence electrons. The summed E-state index contributed by atoms with van der Waals surface area (Å²) in [7, 11) is 0. The number of aryl methyl sites for hydroxylation is 4. The number of hydrogen-bond donors (Lipinski definition) is 0. The van der Waals surface area contributed by atoms with Crippen molar-refractivity contribution < 1.29 is 0 Å². The van der Waals surface area contributed by atoms with Crippen molar-refractivity contribution in [2.45, 2.75) is 27.7 Å². The first kappa shape index (κ1) is 16.1. The zero-order chi connectivity index (χ0) is 18.7. The van der Waals surface area contributed by atoms with Gasteiger partial charge in [-0.3, -0.25) is 0 Å². The van der Waals surface area contributed by atoms with Crippen LogP contribution in [0.5, 0.6) is 0 Å². The van der Waals surface area contributed by atoms with E-state index < -0.39 is 0 Å². The zero-order valence-corrected chi connectivity index (χ0v) is 16.2. The Hall–Kier alpha value is -3.07. The van der Waals surface area contributed by atoms with Gasteiger partial charge in [-0.2, -0.15) is 5.10 Å². The van der Waals surface area contributed by atoms with Crippen molar-refractivity contribution in [3.05, 3.63) is 82.4 Å². The quantitative estimate of drug-likeness (QED) is 0.571. The second kappa shape index (κ2) is 5.71. The molecule has 0 atom stereocenters. The highest BCUT2D eigenvalue weighted by Crippen LogP contribution is 2.43. The number of nitrogens with zero attached hydrogens (tertiary/aromatic N) is 3. The summed E-state index contributed by atoms with van der Waals surface area (Å²) in [5.41, 5.74) is 11.4. The number of benzene rings is 3. The molecular formula is C24H23N3. The molecule has 0 saturated heterocycles. The second-order valence-electron chi connectivity index (χ2n) is 7.73. The van der Waals surface area contributed by atoms with Crippen molar-refractivity contribution >= 4 is 17.2 Å². The van der Waals surface area contributed by atoms with Crippen LogP contribution in [0, 0.1) is 27.7 Å². The zero-order valence-electron chi connectivity index (χ0n) is 16.2. The number of hydrogen-bond acceptors (Lipinski definition) is 3. The third-order valence-corrected chi connectivity index (χ3v) is 5.69. The van der Waals surface area contributed by atoms with Crippen LogP contribution in [0.3, 0.4) is 0 Å². The van der Waals surface area contributed by atoms with Crippen LogP contribution in [0.4, 0.5) is 11.4 Å². The van der Waals surface area contributed by atoms with E-state index in [0.717, 1.165) is 18.2 Å². The molecule has 0 N–H and O–H groups in total. The molecule has 0 spiro atoms. The minimum Gasteiger partial charge on any atom is -0.304 e. The monoisotopic (exact) mass is 353 g/mol. The van der Waals surface area contributed by atoms with Gasteiger partial charge in [0, 0.05) is 11.1 Å². The summed E-state index contributed by atoms with van der Waals surface area (Å²) < 4.78 is 0. The van der Waals surface area contributed by atoms with Crippen LogP contribution >= 0.6 is 0 Å². The Balaban J connectivity index is 1.71. The molecule has 3 heteroatoms. The van der Waals surface area contributed by atoms with Crippen molar-refractivity contribution in [1.82, 2.24) is 0 Å². The number of rotatable bonds is 1. The lowest BCUT2D eigenvalue weighted by Gasteiger charge is -2.30. The van der Waals surface area contributed by atoms with Gasteiger partial charge < -0.3 is 4.90 Å². The highest BCUT2D eigenvalue weighted by molar-refractivity contribution is 6.20. The van der Waals surface area contributed by atoms with E-state index in [9.17, 15) is 0 Å². The number of amidine groups is 1. The first-order valence-corrected chi connectivity index (χ1v) is 9.44. The molecule has 2 aliphatic rings. The number of anilines is 2. The summed E-state index contributed by atoms with van der Waals surface area (Å²) in [6.45, 7) is 9.38. The Morgan fingerprint density at radius 3 is 2.11 bits per heavy atom. The van der Waals surface area contributed by atoms with Gasteiger partial charge in [0.05, 0.1) is 11.4 Å². The fourth-order valence-electron chi connectivity index (χ4n) is 3.97. The maximum atomic E-state index is 5.02. The van der Waals surface area contributed by atoms with Crippen LogP contribution in [0.2, 0.25) is 0 Å². The van der Waals surface area contributed by atoms with E-state index in [-0.39, 0.29) is 0 Å². The summed E-state index contributed by atoms with van der Waals surface area (Å²) in [6, 6.07) is 19.9. The molecule has 0 unspecified atom stereocenters. The highest BCUT2D eigenvalue weighted by atomic mass is 15.6. The first-order valence-electron chi connectivity index (χ1n) is 9.44. The highest BCUT2D eigenvalue weighted by Gasteiger charge is 2.34. The SMILES string of the molecule is Cc1ccc(N2CN3C(=N2)c2cc(C)c(C)cc2-c2cc(C)ccc23)cc1. The molecular weight excluding hydrogens is 330 g/mol. The van der Waals surface area contributed by atoms with Crippen molar-refractivity contribution in [2.75, 3.05) is 16.6 Å². The summed E-state index contributed by atoms with van der Waals surface area (Å²) in [5, 5.41) is 7.12. The molecule has 27 heavy (non-hydrogen) atoms. The standard InChI is InChI=1S/C24H23N3/c1-15-5-8-19(9-6-15)27-14-26-23-10-7-16(2)11-21(23)20-12-17(3)18(4)13-22(20)24(26)25-27/h5-13H,14H2,1-4H3. The molecule has 0 bridgehead atoms. The van der Waals surface area contributed by atoms with Crippen molar-refractivity contribution in [1.29, 1.82) is 0 Å². The second-order valence-corrected chi connectivity index (χ2v) is 7.73. The lowest BCUT2D eigenvalue weighted by molar-refractivity contribution is 0.911. The van der Waals surface area contributed by atoms with Crippen LogP contribution in [-0.2, 0) is 0 Å². The Kier molecular flexibility index (Phi) is 3.41. The van der Waals surface area contributed by atoms with Crippen LogP contribution < -0.4 is 9.91 Å². The maximum Gasteiger partial charge on any atom is 0.163 e. The predicted molar refractivity (Wildman–Crippen MR) is 114 cm³/mol. The molecule has 0 aliphatic carbocycles. The van der Waals surface area contributed by atoms with Crippen molar-refractivity contribution in [3.63, 3.8) is 0 Å². The van der Waals surface area contributed by atoms with Gasteiger partial charge in [0.25, 0.3) is 0 Å². The Morgan fingerprint density at radius 2 is 1.37 bits per heavy atom. The average Bonchev–Trinajstić information content (AvgIpc) is 3.09. The van der Waals surface area contributed by atoms with Gasteiger partial charge in [0.1, 0.15) is 6.67 Å². The Labute approximate surface area is 160 Å². The topological polar surface area (TPSA) is 18.8 Å². The molecule has 0 saturated carbocycles. The van der Waals surface area contributed by atoms with E-state index in [1.807, 2.05) is 0 Å². The van der Waals surface area contributed by atoms with E-state index in [1.54, 1.807) is 0 Å². The van der Waals surface area contributed by atoms with Crippen LogP contribution in [0.25, 0.3) is 11.1 Å². The molecule has 0 fully saturated rings. The van der Waals surface area contributed by atoms with Crippen LogP contribution in [0.1, 0.15) is 27.8 Å². The molecule has 2 heterocycles. The van der Waals surface area contributed by atoms with Crippen molar-refractivity contribution in [3.8, 4) is 11.1 Å². The van der Waals surface area contributed by atoms with E-state index in [4.69, 9.17) is 5.10 Å². The molecule has 3 aromatic carbocycles. The van der Waals surface area contributed by atoms with Crippen LogP contribution in [0.15, 0.2) is 59.7 Å². The van der Waals surface area contributed by atoms with Crippen LogP contribution in [-0.4, -0.2) is 12.5 Å². The fraction of sp³-hybridized carbons (Fsp3) is 0.208. The molecule has 2 aliphatic heterocycles. The van der Waals surface area contributed by atoms with Gasteiger partial charge in [-0.25, -0.2) is 5.01 Å². The van der Waals surface area contributed by atoms with Gasteiger partial charge >= 0.3 is 0 Å². The van der Waals surface area contributed by atoms with Gasteiger partial charge in [-0.05, 0) is 74.7 Å². The number of fused-ring (bicyclic) bond motifs is 6. The molecule has 0 radical (unpaired) electrons.